The van der Waals surface area contributed by atoms with Crippen molar-refractivity contribution in [1.29, 1.82) is 5.26 Å². The molecule has 1 aliphatic rings. The topological polar surface area (TPSA) is 106 Å². The van der Waals surface area contributed by atoms with E-state index in [0.29, 0.717) is 5.56 Å². The summed E-state index contributed by atoms with van der Waals surface area (Å²) in [6.45, 7) is 0.864. The number of benzene rings is 2. The zero-order chi connectivity index (χ0) is 21.9. The molecule has 3 rings (SSSR count). The maximum Gasteiger partial charge on any atom is 0.345 e. The normalized spacial score (nSPS) is 14.7. The number of nitriles is 1. The Morgan fingerprint density at radius 1 is 1.13 bits per heavy atom. The molecule has 1 fully saturated rings. The number of rotatable bonds is 5. The van der Waals surface area contributed by atoms with Crippen LogP contribution < -0.4 is 9.47 Å². The molecule has 11 heteroatoms. The molecular weight excluding hydrogens is 455 g/mol. The number of hydrogen-bond acceptors (Lipinski definition) is 7. The van der Waals surface area contributed by atoms with Gasteiger partial charge in [0.15, 0.2) is 11.5 Å². The number of morpholine rings is 1. The number of nitrogens with zero attached hydrogens (tertiary/aromatic N) is 2. The van der Waals surface area contributed by atoms with Crippen molar-refractivity contribution in [3.63, 3.8) is 0 Å². The molecule has 0 N–H and O–H groups in total. The Labute approximate surface area is 183 Å². The summed E-state index contributed by atoms with van der Waals surface area (Å²) in [5, 5.41) is 8.79. The molecule has 0 aliphatic carbocycles. The summed E-state index contributed by atoms with van der Waals surface area (Å²) in [5.74, 6) is -0.697. The second-order valence-corrected chi connectivity index (χ2v) is 8.87. The van der Waals surface area contributed by atoms with Gasteiger partial charge in [-0.3, -0.25) is 0 Å². The van der Waals surface area contributed by atoms with Gasteiger partial charge < -0.3 is 14.2 Å². The summed E-state index contributed by atoms with van der Waals surface area (Å²) < 4.78 is 42.8. The third-order valence-electron chi connectivity index (χ3n) is 4.32. The summed E-state index contributed by atoms with van der Waals surface area (Å²) in [6.07, 6.45) is 0. The van der Waals surface area contributed by atoms with Crippen LogP contribution in [-0.4, -0.2) is 52.1 Å². The van der Waals surface area contributed by atoms with Crippen molar-refractivity contribution < 1.29 is 27.4 Å². The number of ether oxygens (including phenoxy) is 3. The monoisotopic (exact) mass is 470 g/mol. The largest absolute Gasteiger partial charge is 0.493 e. The number of sulfonamides is 1. The average Bonchev–Trinajstić information content (AvgIpc) is 2.74. The van der Waals surface area contributed by atoms with E-state index in [9.17, 15) is 13.2 Å². The molecule has 0 amide bonds. The minimum absolute atomic E-state index is 0.0464. The Kier molecular flexibility index (Phi) is 6.85. The van der Waals surface area contributed by atoms with Gasteiger partial charge in [-0.25, -0.2) is 13.2 Å². The second kappa shape index (κ2) is 9.20. The van der Waals surface area contributed by atoms with E-state index < -0.39 is 16.0 Å². The molecule has 1 heterocycles. The van der Waals surface area contributed by atoms with E-state index in [1.165, 1.54) is 35.7 Å². The first kappa shape index (κ1) is 22.3. The lowest BCUT2D eigenvalue weighted by atomic mass is 10.2. The molecular formula is C19H16Cl2N2O6S. The van der Waals surface area contributed by atoms with Gasteiger partial charge >= 0.3 is 5.97 Å². The van der Waals surface area contributed by atoms with Crippen molar-refractivity contribution in [3.8, 4) is 17.6 Å². The number of hydrogen-bond donors (Lipinski definition) is 0. The SMILES string of the molecule is COc1cc(C#N)ccc1OC(=O)c1cc(S(=O)(=O)N2CCOCC2)c(Cl)cc1Cl. The molecule has 0 unspecified atom stereocenters. The highest BCUT2D eigenvalue weighted by atomic mass is 35.5. The quantitative estimate of drug-likeness (QED) is 0.487. The minimum Gasteiger partial charge on any atom is -0.493 e. The molecule has 2 aromatic rings. The molecule has 0 spiro atoms. The van der Waals surface area contributed by atoms with Crippen molar-refractivity contribution >= 4 is 39.2 Å². The lowest BCUT2D eigenvalue weighted by Gasteiger charge is -2.26. The highest BCUT2D eigenvalue weighted by Gasteiger charge is 2.30. The third-order valence-corrected chi connectivity index (χ3v) is 7.00. The predicted molar refractivity (Wildman–Crippen MR) is 109 cm³/mol. The summed E-state index contributed by atoms with van der Waals surface area (Å²) in [4.78, 5) is 12.5. The molecule has 30 heavy (non-hydrogen) atoms. The standard InChI is InChI=1S/C19H16Cl2N2O6S/c1-27-17-8-12(11-22)2-3-16(17)29-19(24)13-9-18(15(21)10-14(13)20)30(25,26)23-4-6-28-7-5-23/h2-3,8-10H,4-7H2,1H3. The van der Waals surface area contributed by atoms with Crippen LogP contribution in [0.3, 0.4) is 0 Å². The Bertz CT molecular complexity index is 1120. The van der Waals surface area contributed by atoms with Gasteiger partial charge in [0.25, 0.3) is 0 Å². The zero-order valence-electron chi connectivity index (χ0n) is 15.7. The van der Waals surface area contributed by atoms with Crippen LogP contribution in [0.5, 0.6) is 11.5 Å². The number of halogens is 2. The van der Waals surface area contributed by atoms with Crippen LogP contribution in [0.2, 0.25) is 10.0 Å². The average molecular weight is 471 g/mol. The fourth-order valence-electron chi connectivity index (χ4n) is 2.79. The molecule has 158 valence electrons. The van der Waals surface area contributed by atoms with Crippen molar-refractivity contribution in [2.45, 2.75) is 4.90 Å². The smallest absolute Gasteiger partial charge is 0.345 e. The number of esters is 1. The van der Waals surface area contributed by atoms with E-state index in [0.717, 1.165) is 6.07 Å². The predicted octanol–water partition coefficient (Wildman–Crippen LogP) is 3.11. The molecule has 1 saturated heterocycles. The van der Waals surface area contributed by atoms with Gasteiger partial charge in [0.05, 0.1) is 47.6 Å². The third kappa shape index (κ3) is 4.53. The summed E-state index contributed by atoms with van der Waals surface area (Å²) in [7, 11) is -2.61. The van der Waals surface area contributed by atoms with Crippen molar-refractivity contribution in [2.75, 3.05) is 33.4 Å². The van der Waals surface area contributed by atoms with E-state index in [4.69, 9.17) is 42.7 Å². The fraction of sp³-hybridized carbons (Fsp3) is 0.263. The molecule has 2 aromatic carbocycles. The maximum atomic E-state index is 13.0. The van der Waals surface area contributed by atoms with Gasteiger partial charge in [0, 0.05) is 19.2 Å². The van der Waals surface area contributed by atoms with Crippen LogP contribution in [0.25, 0.3) is 0 Å². The zero-order valence-corrected chi connectivity index (χ0v) is 18.1. The van der Waals surface area contributed by atoms with E-state index in [-0.39, 0.29) is 58.3 Å². The van der Waals surface area contributed by atoms with E-state index in [1.807, 2.05) is 6.07 Å². The van der Waals surface area contributed by atoms with E-state index in [1.54, 1.807) is 0 Å². The Hall–Kier alpha value is -2.35. The van der Waals surface area contributed by atoms with E-state index in [2.05, 4.69) is 0 Å². The Balaban J connectivity index is 1.96. The van der Waals surface area contributed by atoms with Crippen LogP contribution in [-0.2, 0) is 14.8 Å². The van der Waals surface area contributed by atoms with Crippen LogP contribution >= 0.6 is 23.2 Å². The van der Waals surface area contributed by atoms with Crippen molar-refractivity contribution in [2.24, 2.45) is 0 Å². The van der Waals surface area contributed by atoms with Gasteiger partial charge in [-0.15, -0.1) is 0 Å². The van der Waals surface area contributed by atoms with Crippen LogP contribution in [0.1, 0.15) is 15.9 Å². The first-order valence-corrected chi connectivity index (χ1v) is 10.8. The van der Waals surface area contributed by atoms with Crippen LogP contribution in [0.15, 0.2) is 35.2 Å². The lowest BCUT2D eigenvalue weighted by molar-refractivity contribution is 0.0725. The second-order valence-electron chi connectivity index (χ2n) is 6.15. The number of carbonyl (C=O) groups excluding carboxylic acids is 1. The van der Waals surface area contributed by atoms with Crippen LogP contribution in [0.4, 0.5) is 0 Å². The summed E-state index contributed by atoms with van der Waals surface area (Å²) in [5.41, 5.74) is 0.134. The Morgan fingerprint density at radius 3 is 2.47 bits per heavy atom. The molecule has 0 atom stereocenters. The highest BCUT2D eigenvalue weighted by molar-refractivity contribution is 7.89. The maximum absolute atomic E-state index is 13.0. The van der Waals surface area contributed by atoms with Gasteiger partial charge in [0.2, 0.25) is 10.0 Å². The van der Waals surface area contributed by atoms with Crippen molar-refractivity contribution in [3.05, 3.63) is 51.5 Å². The molecule has 0 aromatic heterocycles. The molecule has 0 radical (unpaired) electrons. The lowest BCUT2D eigenvalue weighted by Crippen LogP contribution is -2.40. The van der Waals surface area contributed by atoms with Crippen molar-refractivity contribution in [1.82, 2.24) is 4.31 Å². The minimum atomic E-state index is -3.97. The number of methoxy groups -OCH3 is 1. The Morgan fingerprint density at radius 2 is 1.83 bits per heavy atom. The van der Waals surface area contributed by atoms with E-state index >= 15 is 0 Å². The molecule has 0 bridgehead atoms. The fourth-order valence-corrected chi connectivity index (χ4v) is 5.02. The molecule has 1 aliphatic heterocycles. The van der Waals surface area contributed by atoms with Gasteiger partial charge in [-0.2, -0.15) is 9.57 Å². The molecule has 8 nitrogen and oxygen atoms in total. The van der Waals surface area contributed by atoms with Crippen LogP contribution in [0, 0.1) is 11.3 Å². The van der Waals surface area contributed by atoms with Gasteiger partial charge in [-0.05, 0) is 24.3 Å². The first-order valence-electron chi connectivity index (χ1n) is 8.65. The first-order chi connectivity index (χ1) is 14.3. The molecule has 0 saturated carbocycles. The number of carbonyl (C=O) groups is 1. The van der Waals surface area contributed by atoms with Gasteiger partial charge in [0.1, 0.15) is 4.90 Å². The summed E-state index contributed by atoms with van der Waals surface area (Å²) >= 11 is 12.3. The summed E-state index contributed by atoms with van der Waals surface area (Å²) in [6, 6.07) is 8.47. The van der Waals surface area contributed by atoms with Gasteiger partial charge in [-0.1, -0.05) is 23.2 Å². The highest BCUT2D eigenvalue weighted by Crippen LogP contribution is 2.33.